The van der Waals surface area contributed by atoms with Crippen molar-refractivity contribution in [2.24, 2.45) is 12.2 Å². The maximum absolute atomic E-state index is 11.9. The van der Waals surface area contributed by atoms with Crippen LogP contribution in [0.15, 0.2) is 17.2 Å². The lowest BCUT2D eigenvalue weighted by molar-refractivity contribution is 0.0851. The molecule has 0 radical (unpaired) electrons. The van der Waals surface area contributed by atoms with Gasteiger partial charge in [-0.1, -0.05) is 0 Å². The highest BCUT2D eigenvalue weighted by molar-refractivity contribution is 7.89. The molecule has 1 aliphatic heterocycles. The van der Waals surface area contributed by atoms with Gasteiger partial charge in [-0.2, -0.15) is 0 Å². The van der Waals surface area contributed by atoms with Crippen LogP contribution < -0.4 is 10.5 Å². The summed E-state index contributed by atoms with van der Waals surface area (Å²) in [5.74, 6) is -0.340. The number of nitrogens with one attached hydrogen (secondary N) is 1. The average molecular weight is 287 g/mol. The monoisotopic (exact) mass is 287 g/mol. The summed E-state index contributed by atoms with van der Waals surface area (Å²) < 4.78 is 29.2. The number of rotatable bonds is 4. The van der Waals surface area contributed by atoms with Crippen LogP contribution in [0, 0.1) is 0 Å². The highest BCUT2D eigenvalue weighted by Gasteiger charge is 2.20. The Labute approximate surface area is 111 Å². The molecule has 0 saturated carbocycles. The van der Waals surface area contributed by atoms with Crippen molar-refractivity contribution in [1.82, 2.24) is 9.88 Å². The third-order valence-corrected chi connectivity index (χ3v) is 3.94. The molecule has 1 aliphatic rings. The molecule has 7 nitrogen and oxygen atoms in total. The number of nitrogens with zero attached hydrogens (tertiary/aromatic N) is 1. The van der Waals surface area contributed by atoms with Crippen molar-refractivity contribution in [1.29, 1.82) is 0 Å². The van der Waals surface area contributed by atoms with E-state index >= 15 is 0 Å². The summed E-state index contributed by atoms with van der Waals surface area (Å²) >= 11 is 0. The lowest BCUT2D eigenvalue weighted by atomic mass is 10.2. The fourth-order valence-corrected chi connectivity index (χ4v) is 2.60. The first-order chi connectivity index (χ1) is 8.88. The molecule has 1 aromatic heterocycles. The normalized spacial score (nSPS) is 19.6. The van der Waals surface area contributed by atoms with E-state index in [1.54, 1.807) is 7.05 Å². The van der Waals surface area contributed by atoms with Gasteiger partial charge in [0.2, 0.25) is 10.0 Å². The number of ether oxygens (including phenoxy) is 1. The molecule has 0 spiro atoms. The first-order valence-corrected chi connectivity index (χ1v) is 7.51. The molecule has 1 aromatic rings. The summed E-state index contributed by atoms with van der Waals surface area (Å²) in [6.45, 7) is 1.15. The number of aromatic nitrogens is 1. The molecular weight excluding hydrogens is 270 g/mol. The molecule has 1 saturated heterocycles. The number of nitrogens with two attached hydrogens (primary N) is 1. The highest BCUT2D eigenvalue weighted by atomic mass is 32.2. The van der Waals surface area contributed by atoms with Crippen molar-refractivity contribution >= 4 is 15.9 Å². The Morgan fingerprint density at radius 3 is 2.89 bits per heavy atom. The van der Waals surface area contributed by atoms with E-state index in [9.17, 15) is 13.2 Å². The number of hydrogen-bond acceptors (Lipinski definition) is 4. The second-order valence-corrected chi connectivity index (χ2v) is 6.12. The molecule has 0 bridgehead atoms. The minimum Gasteiger partial charge on any atom is -0.376 e. The van der Waals surface area contributed by atoms with Gasteiger partial charge < -0.3 is 14.6 Å². The van der Waals surface area contributed by atoms with Gasteiger partial charge in [0.25, 0.3) is 5.91 Å². The van der Waals surface area contributed by atoms with Gasteiger partial charge in [0, 0.05) is 26.4 Å². The van der Waals surface area contributed by atoms with Crippen molar-refractivity contribution in [3.05, 3.63) is 18.0 Å². The predicted molar refractivity (Wildman–Crippen MR) is 68.1 cm³/mol. The topological polar surface area (TPSA) is 103 Å². The molecule has 0 aliphatic carbocycles. The zero-order chi connectivity index (χ0) is 14.0. The van der Waals surface area contributed by atoms with Crippen LogP contribution in [-0.2, 0) is 21.8 Å². The molecule has 3 N–H and O–H groups in total. The van der Waals surface area contributed by atoms with E-state index < -0.39 is 10.0 Å². The quantitative estimate of drug-likeness (QED) is 0.785. The molecule has 1 fully saturated rings. The molecule has 0 aromatic carbocycles. The molecule has 8 heteroatoms. The molecule has 106 valence electrons. The van der Waals surface area contributed by atoms with Crippen molar-refractivity contribution < 1.29 is 17.9 Å². The van der Waals surface area contributed by atoms with E-state index in [-0.39, 0.29) is 22.6 Å². The summed E-state index contributed by atoms with van der Waals surface area (Å²) in [7, 11) is -2.20. The Morgan fingerprint density at radius 1 is 1.63 bits per heavy atom. The molecule has 19 heavy (non-hydrogen) atoms. The summed E-state index contributed by atoms with van der Waals surface area (Å²) in [6, 6.07) is 1.26. The summed E-state index contributed by atoms with van der Waals surface area (Å²) in [5.41, 5.74) is 0.252. The summed E-state index contributed by atoms with van der Waals surface area (Å²) in [6.07, 6.45) is 3.29. The first kappa shape index (κ1) is 14.0. The van der Waals surface area contributed by atoms with Crippen molar-refractivity contribution in [2.75, 3.05) is 13.2 Å². The lowest BCUT2D eigenvalue weighted by Gasteiger charge is -2.10. The van der Waals surface area contributed by atoms with Crippen molar-refractivity contribution in [3.8, 4) is 0 Å². The van der Waals surface area contributed by atoms with E-state index in [2.05, 4.69) is 5.32 Å². The van der Waals surface area contributed by atoms with Gasteiger partial charge in [-0.15, -0.1) is 0 Å². The van der Waals surface area contributed by atoms with Gasteiger partial charge in [-0.3, -0.25) is 4.79 Å². The zero-order valence-electron chi connectivity index (χ0n) is 10.6. The van der Waals surface area contributed by atoms with Crippen LogP contribution in [0.25, 0.3) is 0 Å². The van der Waals surface area contributed by atoms with E-state index in [1.807, 2.05) is 0 Å². The van der Waals surface area contributed by atoms with E-state index in [0.717, 1.165) is 19.4 Å². The number of carbonyl (C=O) groups is 1. The third-order valence-electron chi connectivity index (χ3n) is 3.06. The Kier molecular flexibility index (Phi) is 3.93. The summed E-state index contributed by atoms with van der Waals surface area (Å²) in [4.78, 5) is 11.9. The van der Waals surface area contributed by atoms with E-state index in [1.165, 1.54) is 16.8 Å². The molecule has 2 heterocycles. The smallest absolute Gasteiger partial charge is 0.268 e. The van der Waals surface area contributed by atoms with Crippen LogP contribution in [0.3, 0.4) is 0 Å². The number of carbonyl (C=O) groups excluding carboxylic acids is 1. The maximum atomic E-state index is 11.9. The van der Waals surface area contributed by atoms with Crippen molar-refractivity contribution in [3.63, 3.8) is 0 Å². The minimum absolute atomic E-state index is 0.0435. The largest absolute Gasteiger partial charge is 0.376 e. The van der Waals surface area contributed by atoms with Crippen LogP contribution in [0.1, 0.15) is 23.3 Å². The molecule has 1 amide bonds. The van der Waals surface area contributed by atoms with Gasteiger partial charge in [-0.25, -0.2) is 13.6 Å². The first-order valence-electron chi connectivity index (χ1n) is 5.97. The summed E-state index contributed by atoms with van der Waals surface area (Å²) in [5, 5.41) is 7.75. The Balaban J connectivity index is 2.04. The van der Waals surface area contributed by atoms with Gasteiger partial charge in [-0.05, 0) is 18.9 Å². The minimum atomic E-state index is -3.79. The van der Waals surface area contributed by atoms with Crippen LogP contribution in [-0.4, -0.2) is 38.1 Å². The number of primary sulfonamides is 1. The van der Waals surface area contributed by atoms with Gasteiger partial charge in [0.05, 0.1) is 6.10 Å². The van der Waals surface area contributed by atoms with Crippen LogP contribution in [0.2, 0.25) is 0 Å². The number of aryl methyl sites for hydroxylation is 1. The second kappa shape index (κ2) is 5.32. The molecule has 1 atom stereocenters. The van der Waals surface area contributed by atoms with E-state index in [4.69, 9.17) is 9.88 Å². The number of amides is 1. The van der Waals surface area contributed by atoms with Crippen molar-refractivity contribution in [2.45, 2.75) is 23.8 Å². The molecule has 2 rings (SSSR count). The fraction of sp³-hybridized carbons (Fsp3) is 0.545. The number of hydrogen-bond donors (Lipinski definition) is 2. The fourth-order valence-electron chi connectivity index (χ4n) is 2.02. The van der Waals surface area contributed by atoms with Crippen LogP contribution >= 0.6 is 0 Å². The standard InChI is InChI=1S/C11H17N3O4S/c1-14-7-9(19(12,16)17)5-10(14)11(15)13-6-8-3-2-4-18-8/h5,7-8H,2-4,6H2,1H3,(H,13,15)(H2,12,16,17). The molecule has 1 unspecified atom stereocenters. The van der Waals surface area contributed by atoms with Gasteiger partial charge in [0.1, 0.15) is 10.6 Å². The Morgan fingerprint density at radius 2 is 2.37 bits per heavy atom. The Bertz CT molecular complexity index is 573. The average Bonchev–Trinajstić information content (AvgIpc) is 2.93. The maximum Gasteiger partial charge on any atom is 0.268 e. The van der Waals surface area contributed by atoms with E-state index in [0.29, 0.717) is 6.54 Å². The third kappa shape index (κ3) is 3.34. The Hall–Kier alpha value is -1.38. The lowest BCUT2D eigenvalue weighted by Crippen LogP contribution is -2.32. The van der Waals surface area contributed by atoms with Crippen LogP contribution in [0.5, 0.6) is 0 Å². The molecular formula is C11H17N3O4S. The number of sulfonamides is 1. The zero-order valence-corrected chi connectivity index (χ0v) is 11.4. The highest BCUT2D eigenvalue weighted by Crippen LogP contribution is 2.13. The van der Waals surface area contributed by atoms with Gasteiger partial charge in [0.15, 0.2) is 0 Å². The second-order valence-electron chi connectivity index (χ2n) is 4.56. The SMILES string of the molecule is Cn1cc(S(N)(=O)=O)cc1C(=O)NCC1CCCO1. The predicted octanol–water partition coefficient (Wildman–Crippen LogP) is -0.419. The van der Waals surface area contributed by atoms with Crippen LogP contribution in [0.4, 0.5) is 0 Å². The van der Waals surface area contributed by atoms with Gasteiger partial charge >= 0.3 is 0 Å².